The third-order valence-corrected chi connectivity index (χ3v) is 3.96. The number of ketones is 2. The Labute approximate surface area is 125 Å². The first-order valence-corrected chi connectivity index (χ1v) is 7.17. The highest BCUT2D eigenvalue weighted by Crippen LogP contribution is 2.30. The van der Waals surface area contributed by atoms with E-state index in [4.69, 9.17) is 0 Å². The molecule has 2 atom stereocenters. The smallest absolute Gasteiger partial charge is 0.173 e. The minimum atomic E-state index is -0.631. The molecule has 0 radical (unpaired) electrons. The number of benzene rings is 2. The van der Waals surface area contributed by atoms with Gasteiger partial charge in [0.2, 0.25) is 0 Å². The molecule has 0 N–H and O–H groups in total. The summed E-state index contributed by atoms with van der Waals surface area (Å²) in [5, 5.41) is 0. The predicted molar refractivity (Wildman–Crippen MR) is 84.5 cm³/mol. The van der Waals surface area contributed by atoms with Crippen LogP contribution in [-0.2, 0) is 4.79 Å². The van der Waals surface area contributed by atoms with Crippen LogP contribution < -0.4 is 0 Å². The van der Waals surface area contributed by atoms with E-state index in [0.717, 1.165) is 11.1 Å². The predicted octanol–water partition coefficient (Wildman–Crippen LogP) is 4.19. The van der Waals surface area contributed by atoms with Crippen LogP contribution in [0.25, 0.3) is 0 Å². The molecule has 0 saturated heterocycles. The highest BCUT2D eigenvalue weighted by Gasteiger charge is 2.31. The Morgan fingerprint density at radius 3 is 2.05 bits per heavy atom. The maximum atomic E-state index is 12.7. The van der Waals surface area contributed by atoms with Gasteiger partial charge in [-0.25, -0.2) is 0 Å². The van der Waals surface area contributed by atoms with Crippen molar-refractivity contribution in [2.45, 2.75) is 26.7 Å². The van der Waals surface area contributed by atoms with E-state index >= 15 is 0 Å². The van der Waals surface area contributed by atoms with E-state index in [1.165, 1.54) is 6.92 Å². The van der Waals surface area contributed by atoms with Crippen LogP contribution >= 0.6 is 0 Å². The fourth-order valence-electron chi connectivity index (χ4n) is 2.82. The summed E-state index contributed by atoms with van der Waals surface area (Å²) in [5.41, 5.74) is 2.76. The fourth-order valence-corrected chi connectivity index (χ4v) is 2.82. The lowest BCUT2D eigenvalue weighted by Gasteiger charge is -2.22. The summed E-state index contributed by atoms with van der Waals surface area (Å²) in [6.07, 6.45) is 0. The Morgan fingerprint density at radius 1 is 0.905 bits per heavy atom. The molecule has 21 heavy (non-hydrogen) atoms. The molecule has 0 saturated carbocycles. The summed E-state index contributed by atoms with van der Waals surface area (Å²) < 4.78 is 0. The van der Waals surface area contributed by atoms with Crippen molar-refractivity contribution in [2.75, 3.05) is 0 Å². The van der Waals surface area contributed by atoms with Gasteiger partial charge >= 0.3 is 0 Å². The lowest BCUT2D eigenvalue weighted by molar-refractivity contribution is -0.119. The molecule has 0 fully saturated rings. The second-order valence-electron chi connectivity index (χ2n) is 5.46. The van der Waals surface area contributed by atoms with Crippen LogP contribution in [0.5, 0.6) is 0 Å². The second-order valence-corrected chi connectivity index (χ2v) is 5.46. The van der Waals surface area contributed by atoms with Crippen LogP contribution in [-0.4, -0.2) is 11.6 Å². The molecule has 2 aromatic carbocycles. The summed E-state index contributed by atoms with van der Waals surface area (Å²) in [4.78, 5) is 24.8. The van der Waals surface area contributed by atoms with Gasteiger partial charge in [-0.2, -0.15) is 0 Å². The number of carbonyl (C=O) groups excluding carboxylic acids is 2. The fraction of sp³-hybridized carbons (Fsp3) is 0.263. The molecule has 0 aliphatic heterocycles. The van der Waals surface area contributed by atoms with E-state index in [2.05, 4.69) is 0 Å². The third-order valence-electron chi connectivity index (χ3n) is 3.96. The third kappa shape index (κ3) is 3.27. The van der Waals surface area contributed by atoms with E-state index < -0.39 is 5.92 Å². The van der Waals surface area contributed by atoms with Crippen molar-refractivity contribution in [3.05, 3.63) is 71.3 Å². The molecular weight excluding hydrogens is 260 g/mol. The zero-order valence-electron chi connectivity index (χ0n) is 12.7. The van der Waals surface area contributed by atoms with Gasteiger partial charge in [0.25, 0.3) is 0 Å². The van der Waals surface area contributed by atoms with Crippen LogP contribution in [0, 0.1) is 12.8 Å². The molecule has 0 heterocycles. The molecule has 0 aromatic heterocycles. The quantitative estimate of drug-likeness (QED) is 0.608. The minimum absolute atomic E-state index is 0.0837. The van der Waals surface area contributed by atoms with E-state index in [0.29, 0.717) is 5.56 Å². The van der Waals surface area contributed by atoms with Gasteiger partial charge in [-0.1, -0.05) is 61.5 Å². The number of Topliss-reactive ketones (excluding diaryl/α,β-unsaturated/α-hetero) is 2. The molecule has 0 spiro atoms. The normalized spacial score (nSPS) is 13.5. The van der Waals surface area contributed by atoms with Crippen LogP contribution in [0.4, 0.5) is 0 Å². The van der Waals surface area contributed by atoms with Crippen molar-refractivity contribution < 1.29 is 9.59 Å². The number of carbonyl (C=O) groups is 2. The van der Waals surface area contributed by atoms with Crippen LogP contribution in [0.3, 0.4) is 0 Å². The monoisotopic (exact) mass is 280 g/mol. The summed E-state index contributed by atoms with van der Waals surface area (Å²) in [6, 6.07) is 17.0. The van der Waals surface area contributed by atoms with Crippen molar-refractivity contribution in [3.8, 4) is 0 Å². The minimum Gasteiger partial charge on any atom is -0.299 e. The lowest BCUT2D eigenvalue weighted by Crippen LogP contribution is -2.28. The van der Waals surface area contributed by atoms with Crippen LogP contribution in [0.15, 0.2) is 54.6 Å². The van der Waals surface area contributed by atoms with Crippen molar-refractivity contribution in [3.63, 3.8) is 0 Å². The Kier molecular flexibility index (Phi) is 4.69. The first-order chi connectivity index (χ1) is 10.0. The average Bonchev–Trinajstić information content (AvgIpc) is 2.48. The van der Waals surface area contributed by atoms with Crippen LogP contribution in [0.2, 0.25) is 0 Å². The molecule has 0 amide bonds. The highest BCUT2D eigenvalue weighted by molar-refractivity contribution is 6.10. The average molecular weight is 280 g/mol. The number of hydrogen-bond donors (Lipinski definition) is 0. The van der Waals surface area contributed by atoms with Crippen molar-refractivity contribution in [1.29, 1.82) is 0 Å². The summed E-state index contributed by atoms with van der Waals surface area (Å²) >= 11 is 0. The first-order valence-electron chi connectivity index (χ1n) is 7.17. The van der Waals surface area contributed by atoms with Crippen LogP contribution in [0.1, 0.15) is 41.3 Å². The maximum Gasteiger partial charge on any atom is 0.173 e. The van der Waals surface area contributed by atoms with E-state index in [1.54, 1.807) is 12.1 Å². The Hall–Kier alpha value is -2.22. The van der Waals surface area contributed by atoms with Gasteiger partial charge in [0, 0.05) is 5.56 Å². The van der Waals surface area contributed by atoms with E-state index in [1.807, 2.05) is 56.3 Å². The van der Waals surface area contributed by atoms with Crippen molar-refractivity contribution in [2.24, 2.45) is 5.92 Å². The molecule has 2 rings (SSSR count). The van der Waals surface area contributed by atoms with E-state index in [9.17, 15) is 9.59 Å². The van der Waals surface area contributed by atoms with Gasteiger partial charge < -0.3 is 0 Å². The van der Waals surface area contributed by atoms with Gasteiger partial charge in [-0.15, -0.1) is 0 Å². The van der Waals surface area contributed by atoms with Gasteiger partial charge in [0.05, 0.1) is 5.92 Å². The van der Waals surface area contributed by atoms with Gasteiger partial charge in [-0.05, 0) is 30.9 Å². The highest BCUT2D eigenvalue weighted by atomic mass is 16.1. The Morgan fingerprint density at radius 2 is 1.48 bits per heavy atom. The molecule has 2 aromatic rings. The summed E-state index contributed by atoms with van der Waals surface area (Å²) in [5.74, 6) is -0.941. The molecule has 2 unspecified atom stereocenters. The molecule has 108 valence electrons. The number of aryl methyl sites for hydroxylation is 1. The Bertz CT molecular complexity index is 644. The van der Waals surface area contributed by atoms with Crippen molar-refractivity contribution in [1.82, 2.24) is 0 Å². The number of rotatable bonds is 5. The molecule has 2 heteroatoms. The summed E-state index contributed by atoms with van der Waals surface area (Å²) in [7, 11) is 0. The first kappa shape index (κ1) is 15.2. The zero-order chi connectivity index (χ0) is 15.4. The lowest BCUT2D eigenvalue weighted by atomic mass is 9.79. The Balaban J connectivity index is 2.38. The molecule has 2 nitrogen and oxygen atoms in total. The summed E-state index contributed by atoms with van der Waals surface area (Å²) in [6.45, 7) is 5.46. The van der Waals surface area contributed by atoms with Crippen molar-refractivity contribution >= 4 is 11.6 Å². The second kappa shape index (κ2) is 6.49. The molecule has 0 aliphatic carbocycles. The largest absolute Gasteiger partial charge is 0.299 e. The van der Waals surface area contributed by atoms with Gasteiger partial charge in [0.15, 0.2) is 5.78 Å². The standard InChI is InChI=1S/C19H20O2/c1-13-9-7-8-12-17(13)14(2)18(15(3)20)19(21)16-10-5-4-6-11-16/h4-12,14,18H,1-3H3. The van der Waals surface area contributed by atoms with Gasteiger partial charge in [-0.3, -0.25) is 9.59 Å². The van der Waals surface area contributed by atoms with Gasteiger partial charge in [0.1, 0.15) is 5.78 Å². The molecule has 0 aliphatic rings. The van der Waals surface area contributed by atoms with E-state index in [-0.39, 0.29) is 17.5 Å². The number of hydrogen-bond acceptors (Lipinski definition) is 2. The molecular formula is C19H20O2. The zero-order valence-corrected chi connectivity index (χ0v) is 12.7. The topological polar surface area (TPSA) is 34.1 Å². The molecule has 0 bridgehead atoms. The maximum absolute atomic E-state index is 12.7. The SMILES string of the molecule is CC(=O)C(C(=O)c1ccccc1)C(C)c1ccccc1C.